The molecule has 0 radical (unpaired) electrons. The van der Waals surface area contributed by atoms with Gasteiger partial charge in [-0.3, -0.25) is 4.90 Å². The zero-order valence-corrected chi connectivity index (χ0v) is 13.9. The SMILES string of the molecule is COc1nc(N2CCN(CCN(C)C)CC2)ncc1Br. The maximum absolute atomic E-state index is 5.22. The van der Waals surface area contributed by atoms with Crippen molar-refractivity contribution >= 4 is 21.9 Å². The van der Waals surface area contributed by atoms with Crippen LogP contribution in [-0.4, -0.2) is 80.2 Å². The lowest BCUT2D eigenvalue weighted by atomic mass is 10.3. The van der Waals surface area contributed by atoms with Crippen molar-refractivity contribution in [1.29, 1.82) is 0 Å². The lowest BCUT2D eigenvalue weighted by Crippen LogP contribution is -2.48. The molecule has 1 fully saturated rings. The third-order valence-corrected chi connectivity index (χ3v) is 3.96. The molecule has 2 rings (SSSR count). The number of nitrogens with zero attached hydrogens (tertiary/aromatic N) is 5. The van der Waals surface area contributed by atoms with Crippen LogP contribution in [0.15, 0.2) is 10.7 Å². The highest BCUT2D eigenvalue weighted by molar-refractivity contribution is 9.10. The van der Waals surface area contributed by atoms with Crippen LogP contribution in [0.25, 0.3) is 0 Å². The topological polar surface area (TPSA) is 44.7 Å². The van der Waals surface area contributed by atoms with E-state index in [1.807, 2.05) is 0 Å². The predicted molar refractivity (Wildman–Crippen MR) is 83.5 cm³/mol. The Labute approximate surface area is 128 Å². The summed E-state index contributed by atoms with van der Waals surface area (Å²) in [6.45, 7) is 6.23. The molecular weight excluding hydrogens is 322 g/mol. The third kappa shape index (κ3) is 4.04. The van der Waals surface area contributed by atoms with Crippen molar-refractivity contribution in [2.75, 3.05) is 65.4 Å². The molecule has 1 aromatic rings. The fourth-order valence-electron chi connectivity index (χ4n) is 2.15. The van der Waals surface area contributed by atoms with Crippen LogP contribution >= 0.6 is 15.9 Å². The number of methoxy groups -OCH3 is 1. The van der Waals surface area contributed by atoms with Crippen molar-refractivity contribution in [3.8, 4) is 5.88 Å². The molecule has 2 heterocycles. The zero-order chi connectivity index (χ0) is 14.5. The van der Waals surface area contributed by atoms with Gasteiger partial charge in [0.25, 0.3) is 0 Å². The Morgan fingerprint density at radius 3 is 2.60 bits per heavy atom. The molecule has 0 spiro atoms. The second-order valence-electron chi connectivity index (χ2n) is 5.16. The number of hydrogen-bond donors (Lipinski definition) is 0. The van der Waals surface area contributed by atoms with Crippen molar-refractivity contribution in [3.05, 3.63) is 10.7 Å². The lowest BCUT2D eigenvalue weighted by molar-refractivity contribution is 0.228. The molecule has 0 atom stereocenters. The van der Waals surface area contributed by atoms with Gasteiger partial charge in [-0.2, -0.15) is 4.98 Å². The highest BCUT2D eigenvalue weighted by atomic mass is 79.9. The van der Waals surface area contributed by atoms with Crippen molar-refractivity contribution < 1.29 is 4.74 Å². The van der Waals surface area contributed by atoms with Crippen molar-refractivity contribution in [2.24, 2.45) is 0 Å². The summed E-state index contributed by atoms with van der Waals surface area (Å²) in [5.74, 6) is 1.34. The van der Waals surface area contributed by atoms with E-state index in [0.717, 1.165) is 49.7 Å². The van der Waals surface area contributed by atoms with Crippen LogP contribution in [0.4, 0.5) is 5.95 Å². The molecule has 20 heavy (non-hydrogen) atoms. The lowest BCUT2D eigenvalue weighted by Gasteiger charge is -2.35. The molecule has 112 valence electrons. The second kappa shape index (κ2) is 7.19. The van der Waals surface area contributed by atoms with E-state index in [0.29, 0.717) is 5.88 Å². The smallest absolute Gasteiger partial charge is 0.232 e. The van der Waals surface area contributed by atoms with Crippen LogP contribution in [0.1, 0.15) is 0 Å². The van der Waals surface area contributed by atoms with E-state index < -0.39 is 0 Å². The van der Waals surface area contributed by atoms with Gasteiger partial charge in [0, 0.05) is 39.3 Å². The fraction of sp³-hybridized carbons (Fsp3) is 0.692. The number of ether oxygens (including phenoxy) is 1. The summed E-state index contributed by atoms with van der Waals surface area (Å²) in [6.07, 6.45) is 1.75. The highest BCUT2D eigenvalue weighted by Gasteiger charge is 2.19. The van der Waals surface area contributed by atoms with Gasteiger partial charge in [-0.1, -0.05) is 0 Å². The van der Waals surface area contributed by atoms with Gasteiger partial charge in [0.15, 0.2) is 0 Å². The van der Waals surface area contributed by atoms with Crippen LogP contribution in [0.3, 0.4) is 0 Å². The first kappa shape index (κ1) is 15.5. The fourth-order valence-corrected chi connectivity index (χ4v) is 2.50. The van der Waals surface area contributed by atoms with Crippen molar-refractivity contribution in [1.82, 2.24) is 19.8 Å². The molecule has 1 aliphatic rings. The molecule has 0 aromatic carbocycles. The molecule has 1 saturated heterocycles. The molecule has 1 aromatic heterocycles. The largest absolute Gasteiger partial charge is 0.480 e. The number of halogens is 1. The van der Waals surface area contributed by atoms with E-state index in [2.05, 4.69) is 54.7 Å². The van der Waals surface area contributed by atoms with E-state index in [1.54, 1.807) is 13.3 Å². The Hall–Kier alpha value is -0.920. The predicted octanol–water partition coefficient (Wildman–Crippen LogP) is 0.931. The standard InChI is InChI=1S/C13H22BrN5O/c1-17(2)4-5-18-6-8-19(9-7-18)13-15-10-11(14)12(16-13)20-3/h10H,4-9H2,1-3H3. The first-order chi connectivity index (χ1) is 9.60. The first-order valence-corrected chi connectivity index (χ1v) is 7.58. The van der Waals surface area contributed by atoms with Gasteiger partial charge >= 0.3 is 0 Å². The van der Waals surface area contributed by atoms with Crippen molar-refractivity contribution in [2.45, 2.75) is 0 Å². The Kier molecular flexibility index (Phi) is 5.56. The Morgan fingerprint density at radius 1 is 1.30 bits per heavy atom. The molecule has 0 bridgehead atoms. The van der Waals surface area contributed by atoms with E-state index in [4.69, 9.17) is 4.74 Å². The molecule has 0 unspecified atom stereocenters. The van der Waals surface area contributed by atoms with E-state index >= 15 is 0 Å². The Bertz CT molecular complexity index is 435. The van der Waals surface area contributed by atoms with Crippen molar-refractivity contribution in [3.63, 3.8) is 0 Å². The average Bonchev–Trinajstić information content (AvgIpc) is 2.46. The quantitative estimate of drug-likeness (QED) is 0.792. The number of likely N-dealkylation sites (N-methyl/N-ethyl adjacent to an activating group) is 1. The van der Waals surface area contributed by atoms with Crippen LogP contribution < -0.4 is 9.64 Å². The molecule has 6 nitrogen and oxygen atoms in total. The minimum atomic E-state index is 0.588. The molecule has 0 saturated carbocycles. The van der Waals surface area contributed by atoms with Gasteiger partial charge in [-0.05, 0) is 30.0 Å². The molecule has 7 heteroatoms. The second-order valence-corrected chi connectivity index (χ2v) is 6.01. The minimum absolute atomic E-state index is 0.588. The Morgan fingerprint density at radius 2 is 2.00 bits per heavy atom. The van der Waals surface area contributed by atoms with Gasteiger partial charge in [0.1, 0.15) is 0 Å². The van der Waals surface area contributed by atoms with Crippen LogP contribution in [-0.2, 0) is 0 Å². The first-order valence-electron chi connectivity index (χ1n) is 6.78. The van der Waals surface area contributed by atoms with Gasteiger partial charge in [0.05, 0.1) is 17.8 Å². The van der Waals surface area contributed by atoms with Crippen LogP contribution in [0.5, 0.6) is 5.88 Å². The number of piperazine rings is 1. The normalized spacial score (nSPS) is 16.8. The zero-order valence-electron chi connectivity index (χ0n) is 12.3. The third-order valence-electron chi connectivity index (χ3n) is 3.41. The maximum atomic E-state index is 5.22. The van der Waals surface area contributed by atoms with Crippen LogP contribution in [0, 0.1) is 0 Å². The van der Waals surface area contributed by atoms with E-state index in [9.17, 15) is 0 Å². The molecular formula is C13H22BrN5O. The molecule has 0 N–H and O–H groups in total. The van der Waals surface area contributed by atoms with E-state index in [1.165, 1.54) is 0 Å². The summed E-state index contributed by atoms with van der Waals surface area (Å²) < 4.78 is 6.01. The van der Waals surface area contributed by atoms with Gasteiger partial charge < -0.3 is 14.5 Å². The summed E-state index contributed by atoms with van der Waals surface area (Å²) in [7, 11) is 5.84. The van der Waals surface area contributed by atoms with Crippen LogP contribution in [0.2, 0.25) is 0 Å². The Balaban J connectivity index is 1.90. The summed E-state index contributed by atoms with van der Waals surface area (Å²) in [5.41, 5.74) is 0. The average molecular weight is 344 g/mol. The van der Waals surface area contributed by atoms with Gasteiger partial charge in [0.2, 0.25) is 11.8 Å². The highest BCUT2D eigenvalue weighted by Crippen LogP contribution is 2.23. The number of aromatic nitrogens is 2. The summed E-state index contributed by atoms with van der Waals surface area (Å²) in [4.78, 5) is 15.7. The number of anilines is 1. The monoisotopic (exact) mass is 343 g/mol. The minimum Gasteiger partial charge on any atom is -0.480 e. The summed E-state index contributed by atoms with van der Waals surface area (Å²) in [5, 5.41) is 0. The van der Waals surface area contributed by atoms with Gasteiger partial charge in [-0.15, -0.1) is 0 Å². The summed E-state index contributed by atoms with van der Waals surface area (Å²) in [6, 6.07) is 0. The number of rotatable bonds is 5. The number of hydrogen-bond acceptors (Lipinski definition) is 6. The molecule has 0 amide bonds. The summed E-state index contributed by atoms with van der Waals surface area (Å²) >= 11 is 3.38. The molecule has 1 aliphatic heterocycles. The van der Waals surface area contributed by atoms with Gasteiger partial charge in [-0.25, -0.2) is 4.98 Å². The van der Waals surface area contributed by atoms with E-state index in [-0.39, 0.29) is 0 Å². The molecule has 0 aliphatic carbocycles. The maximum Gasteiger partial charge on any atom is 0.232 e.